The fourth-order valence-corrected chi connectivity index (χ4v) is 2.43. The van der Waals surface area contributed by atoms with Gasteiger partial charge in [0.05, 0.1) is 25.5 Å². The quantitative estimate of drug-likeness (QED) is 0.411. The van der Waals surface area contributed by atoms with Crippen LogP contribution in [0.5, 0.6) is 5.88 Å². The maximum absolute atomic E-state index is 5.48. The van der Waals surface area contributed by atoms with E-state index in [1.807, 2.05) is 0 Å². The molecule has 0 amide bonds. The van der Waals surface area contributed by atoms with Crippen molar-refractivity contribution in [2.75, 3.05) is 13.2 Å². The lowest BCUT2D eigenvalue weighted by molar-refractivity contribution is 0.288. The predicted molar refractivity (Wildman–Crippen MR) is 81.2 cm³/mol. The van der Waals surface area contributed by atoms with Crippen LogP contribution in [0.4, 0.5) is 0 Å². The van der Waals surface area contributed by atoms with E-state index < -0.39 is 0 Å². The molecule has 21 heavy (non-hydrogen) atoms. The van der Waals surface area contributed by atoms with Gasteiger partial charge in [0.25, 0.3) is 0 Å². The molecule has 1 unspecified atom stereocenters. The molecule has 2 heterocycles. The van der Waals surface area contributed by atoms with Gasteiger partial charge in [0.1, 0.15) is 0 Å². The van der Waals surface area contributed by atoms with Crippen LogP contribution in [0.3, 0.4) is 0 Å². The average Bonchev–Trinajstić information content (AvgIpc) is 3.34. The highest BCUT2D eigenvalue weighted by atomic mass is 16.6. The smallest absolute Gasteiger partial charge is 0.236 e. The minimum atomic E-state index is 0.571. The molecular weight excluding hydrogens is 266 g/mol. The maximum Gasteiger partial charge on any atom is 0.236 e. The van der Waals surface area contributed by atoms with E-state index in [2.05, 4.69) is 15.4 Å². The van der Waals surface area contributed by atoms with E-state index in [1.54, 1.807) is 12.3 Å². The highest BCUT2D eigenvalue weighted by Gasteiger charge is 2.20. The van der Waals surface area contributed by atoms with E-state index in [-0.39, 0.29) is 0 Å². The topological polar surface area (TPSA) is 60.4 Å². The van der Waals surface area contributed by atoms with Crippen molar-refractivity contribution in [2.24, 2.45) is 0 Å². The van der Waals surface area contributed by atoms with Gasteiger partial charge in [0.2, 0.25) is 5.88 Å². The fraction of sp³-hybridized carbons (Fsp3) is 0.812. The van der Waals surface area contributed by atoms with Crippen molar-refractivity contribution in [3.05, 3.63) is 12.3 Å². The number of nitrogens with zero attached hydrogens (tertiary/aromatic N) is 3. The van der Waals surface area contributed by atoms with E-state index in [9.17, 15) is 0 Å². The average molecular weight is 293 g/mol. The molecule has 0 saturated carbocycles. The molecule has 5 nitrogen and oxygen atoms in total. The van der Waals surface area contributed by atoms with Gasteiger partial charge in [-0.15, -0.1) is 5.10 Å². The standard InChI is InChI=1S/C16H27N3O2/c1(2-4-6-8-10-15-14-21-15)3-5-7-9-13-20-16-11-12-17-19-18-16/h11-12,15H,1-10,13-14H2. The first-order valence-electron chi connectivity index (χ1n) is 8.34. The predicted octanol–water partition coefficient (Wildman–Crippen LogP) is 3.55. The highest BCUT2D eigenvalue weighted by molar-refractivity contribution is 5.01. The summed E-state index contributed by atoms with van der Waals surface area (Å²) in [6, 6.07) is 1.74. The third-order valence-electron chi connectivity index (χ3n) is 3.80. The fourth-order valence-electron chi connectivity index (χ4n) is 2.43. The van der Waals surface area contributed by atoms with Crippen LogP contribution in [0.2, 0.25) is 0 Å². The molecule has 0 N–H and O–H groups in total. The molecule has 1 fully saturated rings. The Hall–Kier alpha value is -1.23. The van der Waals surface area contributed by atoms with Crippen LogP contribution in [0.25, 0.3) is 0 Å². The molecule has 118 valence electrons. The zero-order valence-electron chi connectivity index (χ0n) is 12.9. The minimum absolute atomic E-state index is 0.571. The maximum atomic E-state index is 5.48. The summed E-state index contributed by atoms with van der Waals surface area (Å²) in [5.74, 6) is 0.571. The van der Waals surface area contributed by atoms with Crippen molar-refractivity contribution in [1.82, 2.24) is 15.4 Å². The summed E-state index contributed by atoms with van der Waals surface area (Å²) in [6.07, 6.45) is 15.3. The molecule has 5 heteroatoms. The molecule has 1 aromatic heterocycles. The van der Waals surface area contributed by atoms with Gasteiger partial charge >= 0.3 is 0 Å². The van der Waals surface area contributed by atoms with Crippen LogP contribution in [0, 0.1) is 0 Å². The second-order valence-electron chi connectivity index (χ2n) is 5.73. The summed E-state index contributed by atoms with van der Waals surface area (Å²) in [5, 5.41) is 10.9. The van der Waals surface area contributed by atoms with E-state index in [1.165, 1.54) is 57.8 Å². The zero-order valence-corrected chi connectivity index (χ0v) is 12.9. The number of rotatable bonds is 13. The number of hydrogen-bond acceptors (Lipinski definition) is 5. The molecule has 1 aliphatic rings. The second-order valence-corrected chi connectivity index (χ2v) is 5.73. The first kappa shape index (κ1) is 16.1. The van der Waals surface area contributed by atoms with Crippen molar-refractivity contribution in [1.29, 1.82) is 0 Å². The van der Waals surface area contributed by atoms with E-state index in [0.717, 1.165) is 19.6 Å². The third kappa shape index (κ3) is 8.60. The van der Waals surface area contributed by atoms with Gasteiger partial charge in [-0.2, -0.15) is 0 Å². The normalized spacial score (nSPS) is 16.9. The Morgan fingerprint density at radius 1 is 1.00 bits per heavy atom. The lowest BCUT2D eigenvalue weighted by Gasteiger charge is -2.04. The first-order valence-corrected chi connectivity index (χ1v) is 8.34. The van der Waals surface area contributed by atoms with Gasteiger partial charge < -0.3 is 9.47 Å². The van der Waals surface area contributed by atoms with Crippen molar-refractivity contribution >= 4 is 0 Å². The van der Waals surface area contributed by atoms with Crippen molar-refractivity contribution in [2.45, 2.75) is 70.3 Å². The van der Waals surface area contributed by atoms with Crippen LogP contribution in [0.1, 0.15) is 64.2 Å². The Morgan fingerprint density at radius 3 is 2.29 bits per heavy atom. The second kappa shape index (κ2) is 10.5. The SMILES string of the molecule is c1cc(OCCCCCCCCCCCC2CO2)nnn1. The molecule has 0 aromatic carbocycles. The summed E-state index contributed by atoms with van der Waals surface area (Å²) in [6.45, 7) is 1.74. The largest absolute Gasteiger partial charge is 0.477 e. The molecule has 0 bridgehead atoms. The number of aromatic nitrogens is 3. The summed E-state index contributed by atoms with van der Waals surface area (Å²) >= 11 is 0. The molecule has 2 rings (SSSR count). The third-order valence-corrected chi connectivity index (χ3v) is 3.80. The van der Waals surface area contributed by atoms with E-state index >= 15 is 0 Å². The number of hydrogen-bond donors (Lipinski definition) is 0. The van der Waals surface area contributed by atoms with E-state index in [0.29, 0.717) is 12.0 Å². The van der Waals surface area contributed by atoms with Gasteiger partial charge in [-0.3, -0.25) is 0 Å². The highest BCUT2D eigenvalue weighted by Crippen LogP contribution is 2.18. The van der Waals surface area contributed by atoms with Crippen LogP contribution in [-0.4, -0.2) is 34.7 Å². The van der Waals surface area contributed by atoms with Gasteiger partial charge in [0, 0.05) is 6.07 Å². The van der Waals surface area contributed by atoms with Gasteiger partial charge in [-0.1, -0.05) is 56.5 Å². The number of ether oxygens (including phenoxy) is 2. The Labute approximate surface area is 127 Å². The molecular formula is C16H27N3O2. The Bertz CT molecular complexity index is 358. The number of unbranched alkanes of at least 4 members (excludes halogenated alkanes) is 8. The lowest BCUT2D eigenvalue weighted by atomic mass is 10.1. The molecule has 1 aliphatic heterocycles. The van der Waals surface area contributed by atoms with Crippen LogP contribution < -0.4 is 4.74 Å². The molecule has 0 spiro atoms. The van der Waals surface area contributed by atoms with Crippen molar-refractivity contribution < 1.29 is 9.47 Å². The van der Waals surface area contributed by atoms with Crippen molar-refractivity contribution in [3.63, 3.8) is 0 Å². The Kier molecular flexibility index (Phi) is 8.07. The first-order chi connectivity index (χ1) is 10.4. The molecule has 0 aliphatic carbocycles. The number of epoxide rings is 1. The lowest BCUT2D eigenvalue weighted by Crippen LogP contribution is -2.00. The monoisotopic (exact) mass is 293 g/mol. The van der Waals surface area contributed by atoms with Gasteiger partial charge in [-0.25, -0.2) is 0 Å². The summed E-state index contributed by atoms with van der Waals surface area (Å²) in [7, 11) is 0. The summed E-state index contributed by atoms with van der Waals surface area (Å²) in [4.78, 5) is 0. The molecule has 0 radical (unpaired) electrons. The van der Waals surface area contributed by atoms with Crippen LogP contribution in [-0.2, 0) is 4.74 Å². The molecule has 1 saturated heterocycles. The Morgan fingerprint density at radius 2 is 1.67 bits per heavy atom. The van der Waals surface area contributed by atoms with Gasteiger partial charge in [-0.05, 0) is 18.1 Å². The Balaban J connectivity index is 1.27. The molecule has 1 aromatic rings. The minimum Gasteiger partial charge on any atom is -0.477 e. The summed E-state index contributed by atoms with van der Waals surface area (Å²) in [5.41, 5.74) is 0. The zero-order chi connectivity index (χ0) is 14.6. The van der Waals surface area contributed by atoms with Crippen LogP contribution in [0.15, 0.2) is 12.3 Å². The van der Waals surface area contributed by atoms with Crippen molar-refractivity contribution in [3.8, 4) is 5.88 Å². The summed E-state index contributed by atoms with van der Waals surface area (Å²) < 4.78 is 10.7. The van der Waals surface area contributed by atoms with Gasteiger partial charge in [0.15, 0.2) is 0 Å². The van der Waals surface area contributed by atoms with E-state index in [4.69, 9.17) is 9.47 Å². The molecule has 1 atom stereocenters. The van der Waals surface area contributed by atoms with Crippen LogP contribution >= 0.6 is 0 Å².